The number of rotatable bonds is 9. The maximum Gasteiger partial charge on any atom is 0.230 e. The monoisotopic (exact) mass is 392 g/mol. The van der Waals surface area contributed by atoms with E-state index in [1.165, 1.54) is 0 Å². The zero-order chi connectivity index (χ0) is 19.8. The molecule has 0 aromatic heterocycles. The molecule has 1 unspecified atom stereocenters. The van der Waals surface area contributed by atoms with Crippen LogP contribution in [-0.4, -0.2) is 12.1 Å². The average molecular weight is 392 g/mol. The normalized spacial score (nSPS) is 12.9. The van der Waals surface area contributed by atoms with Gasteiger partial charge in [0, 0.05) is 16.2 Å². The third-order valence-electron chi connectivity index (χ3n) is 4.64. The number of unbranched alkanes of at least 4 members (excludes halogenated alkanes) is 2. The second-order valence-electron chi connectivity index (χ2n) is 6.67. The van der Waals surface area contributed by atoms with Crippen molar-refractivity contribution in [3.8, 4) is 5.75 Å². The molecule has 3 nitrogen and oxygen atoms in total. The molecule has 28 heavy (non-hydrogen) atoms. The quantitative estimate of drug-likeness (QED) is 0.361. The molecule has 0 fully saturated rings. The third-order valence-corrected chi connectivity index (χ3v) is 7.52. The molecule has 0 heterocycles. The van der Waals surface area contributed by atoms with Crippen molar-refractivity contribution in [3.05, 3.63) is 90.5 Å². The highest BCUT2D eigenvalue weighted by Gasteiger charge is 2.36. The Morgan fingerprint density at radius 1 is 0.786 bits per heavy atom. The van der Waals surface area contributed by atoms with E-state index >= 15 is 0 Å². The van der Waals surface area contributed by atoms with Crippen molar-refractivity contribution < 1.29 is 14.1 Å². The fraction of sp³-hybridized carbons (Fsp3) is 0.208. The molecule has 0 saturated carbocycles. The summed E-state index contributed by atoms with van der Waals surface area (Å²) < 4.78 is 19.9. The lowest BCUT2D eigenvalue weighted by molar-refractivity contribution is 0.107. The lowest BCUT2D eigenvalue weighted by atomic mass is 10.2. The number of hydrogen-bond donors (Lipinski definition) is 0. The minimum Gasteiger partial charge on any atom is -0.494 e. The topological polar surface area (TPSA) is 43.4 Å². The van der Waals surface area contributed by atoms with E-state index in [0.717, 1.165) is 25.0 Å². The van der Waals surface area contributed by atoms with E-state index in [4.69, 9.17) is 4.74 Å². The minimum atomic E-state index is -3.49. The predicted molar refractivity (Wildman–Crippen MR) is 116 cm³/mol. The highest BCUT2D eigenvalue weighted by atomic mass is 31.2. The van der Waals surface area contributed by atoms with Crippen molar-refractivity contribution in [1.82, 2.24) is 0 Å². The second-order valence-corrected chi connectivity index (χ2v) is 9.32. The first-order valence-corrected chi connectivity index (χ1v) is 11.4. The van der Waals surface area contributed by atoms with Crippen LogP contribution in [-0.2, 0) is 4.57 Å². The van der Waals surface area contributed by atoms with Gasteiger partial charge in [-0.3, -0.25) is 4.79 Å². The molecule has 0 aliphatic carbocycles. The molecule has 0 bridgehead atoms. The van der Waals surface area contributed by atoms with Crippen molar-refractivity contribution in [2.75, 3.05) is 6.61 Å². The third kappa shape index (κ3) is 4.43. The molecule has 0 spiro atoms. The van der Waals surface area contributed by atoms with Gasteiger partial charge in [0.25, 0.3) is 0 Å². The van der Waals surface area contributed by atoms with Gasteiger partial charge in [0.15, 0.2) is 0 Å². The smallest absolute Gasteiger partial charge is 0.230 e. The van der Waals surface area contributed by atoms with Gasteiger partial charge in [0.05, 0.1) is 6.61 Å². The van der Waals surface area contributed by atoms with E-state index in [1.807, 2.05) is 24.3 Å². The zero-order valence-corrected chi connectivity index (χ0v) is 17.0. The van der Waals surface area contributed by atoms with Crippen LogP contribution in [0.2, 0.25) is 0 Å². The van der Waals surface area contributed by atoms with Gasteiger partial charge in [-0.25, -0.2) is 0 Å². The van der Waals surface area contributed by atoms with Crippen LogP contribution >= 0.6 is 7.14 Å². The Hall–Kier alpha value is -2.64. The van der Waals surface area contributed by atoms with Gasteiger partial charge in [0.2, 0.25) is 12.7 Å². The average Bonchev–Trinajstić information content (AvgIpc) is 2.77. The first kappa shape index (κ1) is 20.1. The van der Waals surface area contributed by atoms with Crippen molar-refractivity contribution in [2.45, 2.75) is 26.2 Å². The first-order chi connectivity index (χ1) is 13.7. The summed E-state index contributed by atoms with van der Waals surface area (Å²) in [6.45, 7) is 2.81. The number of benzene rings is 3. The fourth-order valence-electron chi connectivity index (χ4n) is 3.08. The molecule has 1 atom stereocenters. The van der Waals surface area contributed by atoms with E-state index in [1.54, 1.807) is 60.7 Å². The van der Waals surface area contributed by atoms with E-state index in [9.17, 15) is 9.36 Å². The standard InChI is InChI=1S/C24H25O3P/c1-2-3-10-19-27-21-15-17-23(18-16-21)28(26,22-13-8-5-9-14-22)24(25)20-11-6-4-7-12-20/h4-9,11-18H,2-3,10,19H2,1H3. The Labute approximate surface area is 166 Å². The maximum atomic E-state index is 14.1. The van der Waals surface area contributed by atoms with Crippen LogP contribution in [0.5, 0.6) is 5.75 Å². The molecule has 0 aliphatic rings. The van der Waals surface area contributed by atoms with Crippen molar-refractivity contribution in [3.63, 3.8) is 0 Å². The van der Waals surface area contributed by atoms with Crippen LogP contribution in [0.1, 0.15) is 36.5 Å². The van der Waals surface area contributed by atoms with Gasteiger partial charge in [-0.15, -0.1) is 0 Å². The van der Waals surface area contributed by atoms with Crippen LogP contribution in [0, 0.1) is 0 Å². The SMILES string of the molecule is CCCCCOc1ccc(P(=O)(C(=O)c2ccccc2)c2ccccc2)cc1. The lowest BCUT2D eigenvalue weighted by Gasteiger charge is -2.18. The predicted octanol–water partition coefficient (Wildman–Crippen LogP) is 5.41. The largest absolute Gasteiger partial charge is 0.494 e. The van der Waals surface area contributed by atoms with Gasteiger partial charge in [-0.2, -0.15) is 0 Å². The first-order valence-electron chi connectivity index (χ1n) is 9.65. The summed E-state index contributed by atoms with van der Waals surface area (Å²) in [5.41, 5.74) is 0.102. The molecule has 3 aromatic carbocycles. The van der Waals surface area contributed by atoms with Crippen molar-refractivity contribution in [2.24, 2.45) is 0 Å². The highest BCUT2D eigenvalue weighted by molar-refractivity contribution is 7.93. The molecule has 0 saturated heterocycles. The van der Waals surface area contributed by atoms with Gasteiger partial charge in [-0.1, -0.05) is 80.4 Å². The Balaban J connectivity index is 1.94. The molecule has 0 N–H and O–H groups in total. The number of carbonyl (C=O) groups excluding carboxylic acids is 1. The number of ether oxygens (including phenoxy) is 1. The van der Waals surface area contributed by atoms with Crippen LogP contribution in [0.4, 0.5) is 0 Å². The summed E-state index contributed by atoms with van der Waals surface area (Å²) >= 11 is 0. The summed E-state index contributed by atoms with van der Waals surface area (Å²) in [4.78, 5) is 13.3. The molecule has 3 rings (SSSR count). The van der Waals surface area contributed by atoms with Gasteiger partial charge < -0.3 is 9.30 Å². The van der Waals surface area contributed by atoms with Crippen molar-refractivity contribution in [1.29, 1.82) is 0 Å². The lowest BCUT2D eigenvalue weighted by Crippen LogP contribution is -2.22. The summed E-state index contributed by atoms with van der Waals surface area (Å²) in [6.07, 6.45) is 3.28. The van der Waals surface area contributed by atoms with Gasteiger partial charge >= 0.3 is 0 Å². The number of carbonyl (C=O) groups is 1. The van der Waals surface area contributed by atoms with Crippen molar-refractivity contribution >= 4 is 23.3 Å². The van der Waals surface area contributed by atoms with E-state index in [-0.39, 0.29) is 5.52 Å². The number of hydrogen-bond acceptors (Lipinski definition) is 3. The zero-order valence-electron chi connectivity index (χ0n) is 16.1. The molecule has 0 aliphatic heterocycles. The minimum absolute atomic E-state index is 0.351. The summed E-state index contributed by atoms with van der Waals surface area (Å²) in [5.74, 6) is 0.728. The Morgan fingerprint density at radius 2 is 1.36 bits per heavy atom. The second kappa shape index (κ2) is 9.52. The summed E-state index contributed by atoms with van der Waals surface area (Å²) in [5, 5.41) is 1.06. The molecular weight excluding hydrogens is 367 g/mol. The fourth-order valence-corrected chi connectivity index (χ4v) is 5.52. The van der Waals surface area contributed by atoms with Crippen LogP contribution < -0.4 is 15.3 Å². The van der Waals surface area contributed by atoms with Crippen LogP contribution in [0.25, 0.3) is 0 Å². The Kier molecular flexibility index (Phi) is 6.84. The Bertz CT molecular complexity index is 935. The van der Waals surface area contributed by atoms with Gasteiger partial charge in [0.1, 0.15) is 5.75 Å². The molecule has 0 amide bonds. The van der Waals surface area contributed by atoms with E-state index in [2.05, 4.69) is 6.92 Å². The van der Waals surface area contributed by atoms with Crippen LogP contribution in [0.15, 0.2) is 84.9 Å². The highest BCUT2D eigenvalue weighted by Crippen LogP contribution is 2.46. The van der Waals surface area contributed by atoms with Gasteiger partial charge in [-0.05, 0) is 30.7 Å². The molecular formula is C24H25O3P. The summed E-state index contributed by atoms with van der Waals surface area (Å²) in [6, 6.07) is 24.9. The van der Waals surface area contributed by atoms with E-state index in [0.29, 0.717) is 22.8 Å². The van der Waals surface area contributed by atoms with E-state index < -0.39 is 7.14 Å². The Morgan fingerprint density at radius 3 is 1.96 bits per heavy atom. The molecule has 0 radical (unpaired) electrons. The molecule has 4 heteroatoms. The van der Waals surface area contributed by atoms with Crippen LogP contribution in [0.3, 0.4) is 0 Å². The molecule has 3 aromatic rings. The molecule has 144 valence electrons. The summed E-state index contributed by atoms with van der Waals surface area (Å²) in [7, 11) is -3.49. The maximum absolute atomic E-state index is 14.1.